The first kappa shape index (κ1) is 32.2. The second-order valence-corrected chi connectivity index (χ2v) is 13.1. The predicted molar refractivity (Wildman–Crippen MR) is 164 cm³/mol. The van der Waals surface area contributed by atoms with Crippen LogP contribution in [-0.2, 0) is 16.0 Å². The second kappa shape index (κ2) is 11.9. The van der Waals surface area contributed by atoms with E-state index in [1.807, 2.05) is 45.9 Å². The molecule has 1 saturated carbocycles. The van der Waals surface area contributed by atoms with E-state index in [-0.39, 0.29) is 31.1 Å². The first-order chi connectivity index (χ1) is 21.2. The van der Waals surface area contributed by atoms with Gasteiger partial charge in [-0.05, 0) is 76.3 Å². The van der Waals surface area contributed by atoms with Gasteiger partial charge < -0.3 is 19.5 Å². The molecule has 0 unspecified atom stereocenters. The van der Waals surface area contributed by atoms with E-state index in [0.29, 0.717) is 48.6 Å². The number of aromatic nitrogens is 2. The van der Waals surface area contributed by atoms with Crippen LogP contribution >= 0.6 is 0 Å². The number of hydrogen-bond donors (Lipinski definition) is 1. The highest BCUT2D eigenvalue weighted by Gasteiger charge is 2.58. The van der Waals surface area contributed by atoms with Crippen LogP contribution in [0, 0.1) is 23.7 Å². The van der Waals surface area contributed by atoms with Crippen LogP contribution < -0.4 is 10.1 Å². The van der Waals surface area contributed by atoms with Gasteiger partial charge in [0.05, 0.1) is 25.8 Å². The monoisotopic (exact) mass is 623 g/mol. The summed E-state index contributed by atoms with van der Waals surface area (Å²) < 4.78 is 46.4. The lowest BCUT2D eigenvalue weighted by atomic mass is 9.59. The van der Waals surface area contributed by atoms with Crippen LogP contribution in [0.25, 0.3) is 10.9 Å². The quantitative estimate of drug-likeness (QED) is 0.229. The molecular weight excluding hydrogens is 584 g/mol. The van der Waals surface area contributed by atoms with E-state index in [2.05, 4.69) is 15.2 Å². The van der Waals surface area contributed by atoms with Crippen LogP contribution in [0.3, 0.4) is 0 Å². The summed E-state index contributed by atoms with van der Waals surface area (Å²) in [5, 5.41) is 13.1. The second-order valence-electron chi connectivity index (χ2n) is 13.1. The number of carbonyl (C=O) groups excluding carboxylic acids is 2. The Labute approximate surface area is 261 Å². The van der Waals surface area contributed by atoms with Gasteiger partial charge in [-0.2, -0.15) is 5.26 Å². The summed E-state index contributed by atoms with van der Waals surface area (Å²) in [5.41, 5.74) is 1.92. The van der Waals surface area contributed by atoms with Crippen molar-refractivity contribution in [1.29, 1.82) is 5.26 Å². The molecule has 2 aromatic heterocycles. The van der Waals surface area contributed by atoms with Crippen molar-refractivity contribution < 1.29 is 32.6 Å². The summed E-state index contributed by atoms with van der Waals surface area (Å²) in [5.74, 6) is -2.36. The molecule has 240 valence electrons. The smallest absolute Gasteiger partial charge is 0.419 e. The zero-order chi connectivity index (χ0) is 32.7. The summed E-state index contributed by atoms with van der Waals surface area (Å²) in [6, 6.07) is 8.73. The van der Waals surface area contributed by atoms with E-state index in [9.17, 15) is 23.6 Å². The Morgan fingerprint density at radius 1 is 1.20 bits per heavy atom. The maximum atomic E-state index is 14.3. The van der Waals surface area contributed by atoms with E-state index < -0.39 is 29.0 Å². The third kappa shape index (κ3) is 6.45. The molecule has 1 spiro atoms. The number of ether oxygens (including phenoxy) is 3. The largest absolute Gasteiger partial charge is 0.496 e. The van der Waals surface area contributed by atoms with Gasteiger partial charge in [0.25, 0.3) is 0 Å². The number of halogens is 2. The number of piperidine rings is 1. The Morgan fingerprint density at radius 3 is 2.56 bits per heavy atom. The number of carbonyl (C=O) groups is 2. The molecule has 2 aliphatic rings. The number of nitrogens with one attached hydrogen (secondary N) is 1. The van der Waals surface area contributed by atoms with Gasteiger partial charge in [-0.15, -0.1) is 0 Å². The van der Waals surface area contributed by atoms with Crippen LogP contribution in [-0.4, -0.2) is 65.3 Å². The maximum absolute atomic E-state index is 14.3. The highest BCUT2D eigenvalue weighted by molar-refractivity contribution is 5.95. The number of esters is 1. The molecule has 2 fully saturated rings. The van der Waals surface area contributed by atoms with E-state index in [0.717, 1.165) is 16.5 Å². The molecule has 10 nitrogen and oxygen atoms in total. The molecule has 45 heavy (non-hydrogen) atoms. The molecule has 1 aromatic carbocycles. The molecule has 1 aliphatic heterocycles. The standard InChI is InChI=1S/C33H39F2N5O5/c1-20-15-26(43-5)23(21-9-13-40(27(20)21)30(42)45-31(2,3)4)17-39-14-10-32(18-33(34,35)19-32)16-25(39)22-7-8-24(29(41)44-6)38-28(22)37-12-11-36/h7-9,13,15,25H,10,12,14,16-19H2,1-6H3,(H,37,38)/t25-/m0/s1. The fourth-order valence-electron chi connectivity index (χ4n) is 6.84. The number of benzene rings is 1. The molecule has 1 saturated heterocycles. The van der Waals surface area contributed by atoms with E-state index >= 15 is 0 Å². The average Bonchev–Trinajstić information content (AvgIpc) is 3.42. The van der Waals surface area contributed by atoms with Crippen LogP contribution in [0.15, 0.2) is 30.5 Å². The molecule has 1 atom stereocenters. The minimum atomic E-state index is -2.70. The van der Waals surface area contributed by atoms with E-state index in [1.54, 1.807) is 25.4 Å². The average molecular weight is 624 g/mol. The van der Waals surface area contributed by atoms with Crippen molar-refractivity contribution >= 4 is 28.8 Å². The zero-order valence-corrected chi connectivity index (χ0v) is 26.5. The number of rotatable bonds is 7. The van der Waals surface area contributed by atoms with Gasteiger partial charge in [-0.3, -0.25) is 9.47 Å². The zero-order valence-electron chi connectivity index (χ0n) is 26.5. The molecule has 0 bridgehead atoms. The normalized spacial score (nSPS) is 19.0. The predicted octanol–water partition coefficient (Wildman–Crippen LogP) is 6.61. The molecule has 1 aliphatic carbocycles. The van der Waals surface area contributed by atoms with Crippen molar-refractivity contribution in [2.24, 2.45) is 5.41 Å². The minimum Gasteiger partial charge on any atom is -0.496 e. The number of nitriles is 1. The topological polar surface area (TPSA) is 119 Å². The lowest BCUT2D eigenvalue weighted by molar-refractivity contribution is -0.186. The van der Waals surface area contributed by atoms with Crippen LogP contribution in [0.1, 0.15) is 79.7 Å². The number of fused-ring (bicyclic) bond motifs is 1. The third-order valence-electron chi connectivity index (χ3n) is 8.68. The Hall–Kier alpha value is -4.24. The molecular formula is C33H39F2N5O5. The Balaban J connectivity index is 1.59. The van der Waals surface area contributed by atoms with Crippen LogP contribution in [0.2, 0.25) is 0 Å². The van der Waals surface area contributed by atoms with Gasteiger partial charge in [0, 0.05) is 48.1 Å². The van der Waals surface area contributed by atoms with Crippen molar-refractivity contribution in [3.8, 4) is 11.8 Å². The molecule has 5 rings (SSSR count). The minimum absolute atomic E-state index is 0.0643. The van der Waals surface area contributed by atoms with Crippen LogP contribution in [0.5, 0.6) is 5.75 Å². The number of hydrogen-bond acceptors (Lipinski definition) is 9. The van der Waals surface area contributed by atoms with Crippen molar-refractivity contribution in [3.63, 3.8) is 0 Å². The number of methoxy groups -OCH3 is 2. The lowest BCUT2D eigenvalue weighted by Crippen LogP contribution is -2.53. The van der Waals surface area contributed by atoms with Gasteiger partial charge in [0.2, 0.25) is 5.92 Å². The Morgan fingerprint density at radius 2 is 1.93 bits per heavy atom. The first-order valence-electron chi connectivity index (χ1n) is 14.9. The summed E-state index contributed by atoms with van der Waals surface area (Å²) in [4.78, 5) is 32.1. The molecule has 0 amide bonds. The van der Waals surface area contributed by atoms with Gasteiger partial charge in [-0.1, -0.05) is 6.07 Å². The third-order valence-corrected chi connectivity index (χ3v) is 8.68. The van der Waals surface area contributed by atoms with Gasteiger partial charge >= 0.3 is 12.1 Å². The van der Waals surface area contributed by atoms with Gasteiger partial charge in [0.15, 0.2) is 5.69 Å². The number of pyridine rings is 1. The lowest BCUT2D eigenvalue weighted by Gasteiger charge is -2.54. The first-order valence-corrected chi connectivity index (χ1v) is 14.9. The fraction of sp³-hybridized carbons (Fsp3) is 0.515. The highest BCUT2D eigenvalue weighted by atomic mass is 19.3. The van der Waals surface area contributed by atoms with Crippen molar-refractivity contribution in [2.75, 3.05) is 32.6 Å². The highest BCUT2D eigenvalue weighted by Crippen LogP contribution is 2.61. The summed E-state index contributed by atoms with van der Waals surface area (Å²) in [6.07, 6.45) is 1.85. The Bertz CT molecular complexity index is 1660. The molecule has 1 N–H and O–H groups in total. The maximum Gasteiger partial charge on any atom is 0.419 e. The number of alkyl halides is 2. The van der Waals surface area contributed by atoms with Crippen molar-refractivity contribution in [2.45, 2.75) is 77.5 Å². The number of likely N-dealkylation sites (tertiary alicyclic amines) is 1. The van der Waals surface area contributed by atoms with Gasteiger partial charge in [-0.25, -0.2) is 23.4 Å². The molecule has 3 heterocycles. The molecule has 12 heteroatoms. The van der Waals surface area contributed by atoms with Crippen molar-refractivity contribution in [3.05, 3.63) is 52.8 Å². The van der Waals surface area contributed by atoms with Crippen LogP contribution in [0.4, 0.5) is 19.4 Å². The fourth-order valence-corrected chi connectivity index (χ4v) is 6.84. The summed E-state index contributed by atoms with van der Waals surface area (Å²) >= 11 is 0. The van der Waals surface area contributed by atoms with Gasteiger partial charge in [0.1, 0.15) is 23.7 Å². The number of aryl methyl sites for hydroxylation is 1. The summed E-state index contributed by atoms with van der Waals surface area (Å²) in [6.45, 7) is 8.17. The molecule has 0 radical (unpaired) electrons. The Kier molecular flexibility index (Phi) is 8.53. The number of anilines is 1. The number of nitrogens with zero attached hydrogens (tertiary/aromatic N) is 4. The SMILES string of the molecule is COC(=O)c1ccc([C@@H]2CC3(CCN2Cc2c(OC)cc(C)c4c2ccn4C(=O)OC(C)(C)C)CC(F)(F)C3)c(NCC#N)n1. The summed E-state index contributed by atoms with van der Waals surface area (Å²) in [7, 11) is 2.85. The molecule has 3 aromatic rings. The van der Waals surface area contributed by atoms with E-state index in [4.69, 9.17) is 14.2 Å². The van der Waals surface area contributed by atoms with E-state index in [1.165, 1.54) is 11.7 Å². The van der Waals surface area contributed by atoms with Crippen molar-refractivity contribution in [1.82, 2.24) is 14.5 Å².